The number of carbonyl (C=O) groups is 1. The van der Waals surface area contributed by atoms with Crippen LogP contribution in [0.3, 0.4) is 0 Å². The van der Waals surface area contributed by atoms with Crippen LogP contribution in [0.4, 0.5) is 0 Å². The quantitative estimate of drug-likeness (QED) is 0.383. The Balaban J connectivity index is 3.15. The molecule has 0 saturated heterocycles. The molecule has 0 aromatic carbocycles. The molecular weight excluding hydrogens is 332 g/mol. The average Bonchev–Trinajstić information content (AvgIpc) is 2.55. The molecule has 0 fully saturated rings. The van der Waals surface area contributed by atoms with E-state index in [4.69, 9.17) is 14.2 Å². The average molecular weight is 375 g/mol. The Bertz CT molecular complexity index is 330. The van der Waals surface area contributed by atoms with Crippen LogP contribution in [-0.2, 0) is 19.0 Å². The highest BCUT2D eigenvalue weighted by Gasteiger charge is 2.06. The predicted octanol–water partition coefficient (Wildman–Crippen LogP) is 2.76. The SMILES string of the molecule is CC(C)CCC(=O)NCCCOCCOCCOCCCNC(C)(C)C. The van der Waals surface area contributed by atoms with Gasteiger partial charge in [-0.3, -0.25) is 4.79 Å². The van der Waals surface area contributed by atoms with E-state index in [2.05, 4.69) is 45.3 Å². The van der Waals surface area contributed by atoms with Crippen LogP contribution in [0.2, 0.25) is 0 Å². The fourth-order valence-corrected chi connectivity index (χ4v) is 2.09. The molecule has 1 amide bonds. The third-order valence-corrected chi connectivity index (χ3v) is 3.60. The molecule has 0 spiro atoms. The summed E-state index contributed by atoms with van der Waals surface area (Å²) in [5.74, 6) is 0.705. The number of rotatable bonds is 17. The zero-order chi connectivity index (χ0) is 19.7. The van der Waals surface area contributed by atoms with Gasteiger partial charge in [0.1, 0.15) is 0 Å². The largest absolute Gasteiger partial charge is 0.379 e. The van der Waals surface area contributed by atoms with Crippen molar-refractivity contribution in [2.24, 2.45) is 5.92 Å². The minimum Gasteiger partial charge on any atom is -0.379 e. The molecule has 0 aliphatic heterocycles. The fraction of sp³-hybridized carbons (Fsp3) is 0.950. The number of amides is 1. The van der Waals surface area contributed by atoms with Gasteiger partial charge in [-0.05, 0) is 52.5 Å². The lowest BCUT2D eigenvalue weighted by Gasteiger charge is -2.20. The van der Waals surface area contributed by atoms with Crippen LogP contribution in [0.1, 0.15) is 60.3 Å². The fourth-order valence-electron chi connectivity index (χ4n) is 2.09. The van der Waals surface area contributed by atoms with Gasteiger partial charge in [-0.25, -0.2) is 0 Å². The van der Waals surface area contributed by atoms with E-state index in [-0.39, 0.29) is 11.4 Å². The van der Waals surface area contributed by atoms with Crippen LogP contribution >= 0.6 is 0 Å². The Kier molecular flexibility index (Phi) is 16.0. The molecule has 0 aromatic rings. The maximum absolute atomic E-state index is 11.5. The van der Waals surface area contributed by atoms with Gasteiger partial charge in [0, 0.05) is 31.7 Å². The van der Waals surface area contributed by atoms with Crippen LogP contribution in [0.25, 0.3) is 0 Å². The van der Waals surface area contributed by atoms with Gasteiger partial charge in [-0.1, -0.05) is 13.8 Å². The molecule has 26 heavy (non-hydrogen) atoms. The van der Waals surface area contributed by atoms with Crippen molar-refractivity contribution in [1.82, 2.24) is 10.6 Å². The highest BCUT2D eigenvalue weighted by atomic mass is 16.5. The molecule has 6 heteroatoms. The normalized spacial score (nSPS) is 11.9. The van der Waals surface area contributed by atoms with Crippen LogP contribution in [0.5, 0.6) is 0 Å². The van der Waals surface area contributed by atoms with Crippen molar-refractivity contribution in [3.05, 3.63) is 0 Å². The van der Waals surface area contributed by atoms with Gasteiger partial charge in [0.15, 0.2) is 0 Å². The second kappa shape index (κ2) is 16.5. The molecular formula is C20H42N2O4. The molecule has 0 aromatic heterocycles. The van der Waals surface area contributed by atoms with E-state index >= 15 is 0 Å². The van der Waals surface area contributed by atoms with Crippen molar-refractivity contribution in [3.8, 4) is 0 Å². The van der Waals surface area contributed by atoms with E-state index in [0.29, 0.717) is 51.9 Å². The molecule has 0 rings (SSSR count). The summed E-state index contributed by atoms with van der Waals surface area (Å²) < 4.78 is 16.5. The molecule has 0 atom stereocenters. The van der Waals surface area contributed by atoms with Gasteiger partial charge < -0.3 is 24.8 Å². The zero-order valence-electron chi connectivity index (χ0n) is 17.7. The predicted molar refractivity (Wildman–Crippen MR) is 107 cm³/mol. The van der Waals surface area contributed by atoms with E-state index in [9.17, 15) is 4.79 Å². The highest BCUT2D eigenvalue weighted by Crippen LogP contribution is 2.02. The van der Waals surface area contributed by atoms with Crippen LogP contribution in [0, 0.1) is 5.92 Å². The summed E-state index contributed by atoms with van der Waals surface area (Å²) in [7, 11) is 0. The molecule has 0 saturated carbocycles. The van der Waals surface area contributed by atoms with Crippen LogP contribution < -0.4 is 10.6 Å². The van der Waals surface area contributed by atoms with Crippen molar-refractivity contribution in [1.29, 1.82) is 0 Å². The topological polar surface area (TPSA) is 68.8 Å². The molecule has 0 radical (unpaired) electrons. The van der Waals surface area contributed by atoms with Crippen molar-refractivity contribution >= 4 is 5.91 Å². The Morgan fingerprint density at radius 3 is 1.85 bits per heavy atom. The number of nitrogens with one attached hydrogen (secondary N) is 2. The van der Waals surface area contributed by atoms with Gasteiger partial charge in [-0.15, -0.1) is 0 Å². The lowest BCUT2D eigenvalue weighted by molar-refractivity contribution is -0.121. The Morgan fingerprint density at radius 1 is 0.846 bits per heavy atom. The van der Waals surface area contributed by atoms with Crippen molar-refractivity contribution in [2.75, 3.05) is 52.7 Å². The van der Waals surface area contributed by atoms with Gasteiger partial charge >= 0.3 is 0 Å². The van der Waals surface area contributed by atoms with Crippen molar-refractivity contribution < 1.29 is 19.0 Å². The summed E-state index contributed by atoms with van der Waals surface area (Å²) in [6.07, 6.45) is 3.40. The minimum absolute atomic E-state index is 0.135. The summed E-state index contributed by atoms with van der Waals surface area (Å²) in [5.41, 5.74) is 0.169. The van der Waals surface area contributed by atoms with E-state index in [1.54, 1.807) is 0 Å². The van der Waals surface area contributed by atoms with E-state index in [1.165, 1.54) is 0 Å². The van der Waals surface area contributed by atoms with Crippen LogP contribution in [0.15, 0.2) is 0 Å². The third kappa shape index (κ3) is 21.4. The monoisotopic (exact) mass is 374 g/mol. The molecule has 0 bridgehead atoms. The lowest BCUT2D eigenvalue weighted by atomic mass is 10.1. The first-order valence-corrected chi connectivity index (χ1v) is 10.1. The maximum atomic E-state index is 11.5. The first-order chi connectivity index (χ1) is 12.3. The Hall–Kier alpha value is -0.690. The van der Waals surface area contributed by atoms with Crippen molar-refractivity contribution in [3.63, 3.8) is 0 Å². The molecule has 0 aliphatic rings. The van der Waals surface area contributed by atoms with E-state index < -0.39 is 0 Å². The lowest BCUT2D eigenvalue weighted by Crippen LogP contribution is -2.36. The zero-order valence-corrected chi connectivity index (χ0v) is 17.7. The number of hydrogen-bond acceptors (Lipinski definition) is 5. The second-order valence-electron chi connectivity index (χ2n) is 8.00. The smallest absolute Gasteiger partial charge is 0.220 e. The minimum atomic E-state index is 0.135. The molecule has 0 aliphatic carbocycles. The number of hydrogen-bond donors (Lipinski definition) is 2. The summed E-state index contributed by atoms with van der Waals surface area (Å²) >= 11 is 0. The molecule has 0 unspecified atom stereocenters. The standard InChI is InChI=1S/C20H42N2O4/c1-18(2)8-9-19(23)21-10-6-12-24-14-16-26-17-15-25-13-7-11-22-20(3,4)5/h18,22H,6-17H2,1-5H3,(H,21,23). The summed E-state index contributed by atoms with van der Waals surface area (Å²) in [6, 6.07) is 0. The van der Waals surface area contributed by atoms with E-state index in [1.807, 2.05) is 0 Å². The summed E-state index contributed by atoms with van der Waals surface area (Å²) in [4.78, 5) is 11.5. The first-order valence-electron chi connectivity index (χ1n) is 10.1. The van der Waals surface area contributed by atoms with Gasteiger partial charge in [0.25, 0.3) is 0 Å². The van der Waals surface area contributed by atoms with Crippen molar-refractivity contribution in [2.45, 2.75) is 65.8 Å². The molecule has 0 heterocycles. The Labute approximate surface area is 160 Å². The second-order valence-corrected chi connectivity index (χ2v) is 8.00. The number of ether oxygens (including phenoxy) is 3. The summed E-state index contributed by atoms with van der Waals surface area (Å²) in [6.45, 7) is 16.2. The van der Waals surface area contributed by atoms with E-state index in [0.717, 1.165) is 32.4 Å². The van der Waals surface area contributed by atoms with Crippen LogP contribution in [-0.4, -0.2) is 64.2 Å². The summed E-state index contributed by atoms with van der Waals surface area (Å²) in [5, 5.41) is 6.34. The first kappa shape index (κ1) is 25.3. The van der Waals surface area contributed by atoms with Gasteiger partial charge in [0.2, 0.25) is 5.91 Å². The number of carbonyl (C=O) groups excluding carboxylic acids is 1. The molecule has 156 valence electrons. The maximum Gasteiger partial charge on any atom is 0.220 e. The molecule has 2 N–H and O–H groups in total. The Morgan fingerprint density at radius 2 is 1.35 bits per heavy atom. The highest BCUT2D eigenvalue weighted by molar-refractivity contribution is 5.75. The molecule has 6 nitrogen and oxygen atoms in total. The van der Waals surface area contributed by atoms with Gasteiger partial charge in [0.05, 0.1) is 26.4 Å². The third-order valence-electron chi connectivity index (χ3n) is 3.60. The van der Waals surface area contributed by atoms with Gasteiger partial charge in [-0.2, -0.15) is 0 Å².